The molecule has 2 aromatic rings. The number of hydrogen-bond donors (Lipinski definition) is 1. The smallest absolute Gasteiger partial charge is 0.416 e. The SMILES string of the molecule is CCCCCCC1N=C(c2ccc(C(F)(F)F)cc2)SC1C/C=C/c1ccc(OC(C)(C)C(=O)O)c(C)c1. The van der Waals surface area contributed by atoms with Crippen molar-refractivity contribution in [2.75, 3.05) is 0 Å². The van der Waals surface area contributed by atoms with Gasteiger partial charge in [-0.05, 0) is 69.0 Å². The van der Waals surface area contributed by atoms with E-state index in [-0.39, 0.29) is 11.3 Å². The van der Waals surface area contributed by atoms with E-state index < -0.39 is 23.3 Å². The summed E-state index contributed by atoms with van der Waals surface area (Å²) in [5.41, 5.74) is 0.577. The largest absolute Gasteiger partial charge is 0.478 e. The molecule has 0 aliphatic carbocycles. The Bertz CT molecular complexity index is 1160. The molecule has 0 fully saturated rings. The number of aryl methyl sites for hydroxylation is 1. The molecule has 0 amide bonds. The summed E-state index contributed by atoms with van der Waals surface area (Å²) in [6, 6.07) is 11.0. The monoisotopic (exact) mass is 547 g/mol. The summed E-state index contributed by atoms with van der Waals surface area (Å²) >= 11 is 1.64. The minimum absolute atomic E-state index is 0.120. The lowest BCUT2D eigenvalue weighted by atomic mass is 10.0. The van der Waals surface area contributed by atoms with Gasteiger partial charge in [-0.1, -0.05) is 63.0 Å². The van der Waals surface area contributed by atoms with E-state index in [1.807, 2.05) is 25.1 Å². The molecule has 2 atom stereocenters. The molecule has 1 N–H and O–H groups in total. The van der Waals surface area contributed by atoms with Gasteiger partial charge >= 0.3 is 12.1 Å². The van der Waals surface area contributed by atoms with Crippen molar-refractivity contribution in [3.63, 3.8) is 0 Å². The maximum absolute atomic E-state index is 13.0. The number of hydrogen-bond acceptors (Lipinski definition) is 4. The number of carboxylic acids is 1. The van der Waals surface area contributed by atoms with Gasteiger partial charge in [-0.25, -0.2) is 4.79 Å². The van der Waals surface area contributed by atoms with Crippen LogP contribution in [0.1, 0.15) is 81.5 Å². The lowest BCUT2D eigenvalue weighted by Gasteiger charge is -2.22. The van der Waals surface area contributed by atoms with Crippen LogP contribution in [0.4, 0.5) is 13.2 Å². The van der Waals surface area contributed by atoms with Gasteiger partial charge in [0.2, 0.25) is 0 Å². The van der Waals surface area contributed by atoms with Crippen molar-refractivity contribution in [1.29, 1.82) is 0 Å². The molecule has 0 saturated heterocycles. The number of halogens is 3. The van der Waals surface area contributed by atoms with E-state index in [0.29, 0.717) is 5.75 Å². The summed E-state index contributed by atoms with van der Waals surface area (Å²) in [5.74, 6) is -0.500. The van der Waals surface area contributed by atoms with Gasteiger partial charge in [-0.3, -0.25) is 4.99 Å². The minimum atomic E-state index is -4.35. The van der Waals surface area contributed by atoms with Crippen molar-refractivity contribution < 1.29 is 27.8 Å². The maximum atomic E-state index is 13.0. The minimum Gasteiger partial charge on any atom is -0.478 e. The van der Waals surface area contributed by atoms with E-state index >= 15 is 0 Å². The number of alkyl halides is 3. The summed E-state index contributed by atoms with van der Waals surface area (Å²) in [7, 11) is 0. The van der Waals surface area contributed by atoms with Gasteiger partial charge in [-0.2, -0.15) is 13.2 Å². The van der Waals surface area contributed by atoms with E-state index in [1.165, 1.54) is 32.4 Å². The quantitative estimate of drug-likeness (QED) is 0.271. The predicted octanol–water partition coefficient (Wildman–Crippen LogP) is 8.56. The van der Waals surface area contributed by atoms with E-state index in [4.69, 9.17) is 9.73 Å². The topological polar surface area (TPSA) is 58.9 Å². The molecule has 1 aliphatic heterocycles. The van der Waals surface area contributed by atoms with Gasteiger partial charge in [0.05, 0.1) is 16.6 Å². The number of allylic oxidation sites excluding steroid dienone is 1. The molecule has 0 saturated carbocycles. The molecule has 0 radical (unpaired) electrons. The van der Waals surface area contributed by atoms with Crippen LogP contribution in [0.3, 0.4) is 0 Å². The zero-order valence-corrected chi connectivity index (χ0v) is 23.2. The van der Waals surface area contributed by atoms with Crippen molar-refractivity contribution in [2.24, 2.45) is 4.99 Å². The molecule has 206 valence electrons. The number of carbonyl (C=O) groups is 1. The Balaban J connectivity index is 1.68. The fraction of sp³-hybridized carbons (Fsp3) is 0.467. The highest BCUT2D eigenvalue weighted by molar-refractivity contribution is 8.15. The van der Waals surface area contributed by atoms with Gasteiger partial charge < -0.3 is 9.84 Å². The normalized spacial score (nSPS) is 18.1. The van der Waals surface area contributed by atoms with Crippen molar-refractivity contribution in [1.82, 2.24) is 0 Å². The summed E-state index contributed by atoms with van der Waals surface area (Å²) < 4.78 is 44.6. The number of unbranched alkanes of at least 4 members (excludes halogenated alkanes) is 3. The van der Waals surface area contributed by atoms with E-state index in [1.54, 1.807) is 17.8 Å². The first-order valence-electron chi connectivity index (χ1n) is 13.0. The lowest BCUT2D eigenvalue weighted by molar-refractivity contribution is -0.152. The van der Waals surface area contributed by atoms with Gasteiger partial charge in [0.15, 0.2) is 5.60 Å². The van der Waals surface area contributed by atoms with Crippen molar-refractivity contribution in [2.45, 2.75) is 89.3 Å². The third-order valence-electron chi connectivity index (χ3n) is 6.55. The molecule has 1 heterocycles. The zero-order valence-electron chi connectivity index (χ0n) is 22.3. The van der Waals surface area contributed by atoms with Crippen molar-refractivity contribution in [3.8, 4) is 5.75 Å². The van der Waals surface area contributed by atoms with E-state index in [0.717, 1.165) is 66.0 Å². The van der Waals surface area contributed by atoms with Crippen LogP contribution in [0.5, 0.6) is 5.75 Å². The van der Waals surface area contributed by atoms with Crippen LogP contribution in [0.15, 0.2) is 53.5 Å². The number of thioether (sulfide) groups is 1. The number of ether oxygens (including phenoxy) is 1. The summed E-state index contributed by atoms with van der Waals surface area (Å²) in [4.78, 5) is 16.3. The standard InChI is InChI=1S/C30H36F3NO3S/c1-5-6-7-8-11-24-26(38-27(34-24)22-14-16-23(17-15-22)30(31,32)33)12-9-10-21-13-18-25(20(2)19-21)37-29(3,4)28(35)36/h9-10,13-19,24,26H,5-8,11-12H2,1-4H3,(H,35,36)/b10-9+. The van der Waals surface area contributed by atoms with Crippen LogP contribution in [-0.4, -0.2) is 33.0 Å². The predicted molar refractivity (Wildman–Crippen MR) is 149 cm³/mol. The molecule has 0 spiro atoms. The van der Waals surface area contributed by atoms with Crippen LogP contribution >= 0.6 is 11.8 Å². The molecule has 8 heteroatoms. The Morgan fingerprint density at radius 1 is 1.11 bits per heavy atom. The third-order valence-corrected chi connectivity index (χ3v) is 7.92. The number of carboxylic acid groups (broad SMARTS) is 1. The Hall–Kier alpha value is -2.74. The Morgan fingerprint density at radius 3 is 2.42 bits per heavy atom. The second-order valence-electron chi connectivity index (χ2n) is 10.2. The van der Waals surface area contributed by atoms with Gasteiger partial charge in [0, 0.05) is 10.8 Å². The lowest BCUT2D eigenvalue weighted by Crippen LogP contribution is -2.38. The average molecular weight is 548 g/mol. The molecular formula is C30H36F3NO3S. The third kappa shape index (κ3) is 8.13. The molecule has 3 rings (SSSR count). The molecule has 38 heavy (non-hydrogen) atoms. The number of rotatable bonds is 12. The first-order valence-corrected chi connectivity index (χ1v) is 13.9. The number of nitrogens with zero attached hydrogens (tertiary/aromatic N) is 1. The molecule has 0 bridgehead atoms. The number of aliphatic carboxylic acids is 1. The second kappa shape index (κ2) is 12.9. The summed E-state index contributed by atoms with van der Waals surface area (Å²) in [6.07, 6.45) is 6.09. The highest BCUT2D eigenvalue weighted by Crippen LogP contribution is 2.37. The van der Waals surface area contributed by atoms with Crippen LogP contribution in [0.25, 0.3) is 6.08 Å². The van der Waals surface area contributed by atoms with Crippen LogP contribution in [0.2, 0.25) is 0 Å². The van der Waals surface area contributed by atoms with Crippen LogP contribution in [-0.2, 0) is 11.0 Å². The fourth-order valence-corrected chi connectivity index (χ4v) is 5.53. The van der Waals surface area contributed by atoms with E-state index in [9.17, 15) is 23.1 Å². The van der Waals surface area contributed by atoms with Crippen molar-refractivity contribution in [3.05, 3.63) is 70.8 Å². The summed E-state index contributed by atoms with van der Waals surface area (Å²) in [5, 5.41) is 10.3. The average Bonchev–Trinajstić information content (AvgIpc) is 3.26. The number of benzene rings is 2. The molecule has 4 nitrogen and oxygen atoms in total. The molecule has 2 unspecified atom stereocenters. The molecule has 1 aliphatic rings. The van der Waals surface area contributed by atoms with Gasteiger partial charge in [-0.15, -0.1) is 11.8 Å². The zero-order chi connectivity index (χ0) is 27.9. The second-order valence-corrected chi connectivity index (χ2v) is 11.4. The molecule has 2 aromatic carbocycles. The highest BCUT2D eigenvalue weighted by atomic mass is 32.2. The van der Waals surface area contributed by atoms with E-state index in [2.05, 4.69) is 13.0 Å². The fourth-order valence-electron chi connectivity index (χ4n) is 4.21. The van der Waals surface area contributed by atoms with Crippen LogP contribution < -0.4 is 4.74 Å². The van der Waals surface area contributed by atoms with Crippen LogP contribution in [0, 0.1) is 6.92 Å². The first kappa shape index (κ1) is 29.8. The maximum Gasteiger partial charge on any atom is 0.416 e. The molecular weight excluding hydrogens is 511 g/mol. The summed E-state index contributed by atoms with van der Waals surface area (Å²) in [6.45, 7) is 7.09. The Labute approximate surface area is 227 Å². The highest BCUT2D eigenvalue weighted by Gasteiger charge is 2.32. The van der Waals surface area contributed by atoms with Gasteiger partial charge in [0.1, 0.15) is 5.75 Å². The van der Waals surface area contributed by atoms with Gasteiger partial charge in [0.25, 0.3) is 0 Å². The Kier molecular flexibility index (Phi) is 10.1. The first-order chi connectivity index (χ1) is 17.9. The van der Waals surface area contributed by atoms with Crippen molar-refractivity contribution >= 4 is 28.9 Å². The number of aliphatic imine (C=N–C) groups is 1. The Morgan fingerprint density at radius 2 is 1.82 bits per heavy atom. The molecule has 0 aromatic heterocycles.